The van der Waals surface area contributed by atoms with Gasteiger partial charge in [-0.1, -0.05) is 12.1 Å². The van der Waals surface area contributed by atoms with E-state index in [2.05, 4.69) is 10.4 Å². The lowest BCUT2D eigenvalue weighted by atomic mass is 10.1. The van der Waals surface area contributed by atoms with Crippen molar-refractivity contribution in [2.24, 2.45) is 0 Å². The Balaban J connectivity index is 0.00000180. The van der Waals surface area contributed by atoms with Crippen molar-refractivity contribution in [1.29, 1.82) is 0 Å². The van der Waals surface area contributed by atoms with Gasteiger partial charge < -0.3 is 10.2 Å². The highest BCUT2D eigenvalue weighted by Gasteiger charge is 2.35. The first-order valence-corrected chi connectivity index (χ1v) is 9.61. The molecule has 0 radical (unpaired) electrons. The number of nitrogens with zero attached hydrogens (tertiary/aromatic N) is 3. The minimum absolute atomic E-state index is 0. The summed E-state index contributed by atoms with van der Waals surface area (Å²) >= 11 is 0. The summed E-state index contributed by atoms with van der Waals surface area (Å²) in [5.41, 5.74) is 2.97. The van der Waals surface area contributed by atoms with Crippen molar-refractivity contribution in [1.82, 2.24) is 20.0 Å². The molecule has 2 aliphatic heterocycles. The van der Waals surface area contributed by atoms with Gasteiger partial charge in [-0.15, -0.1) is 12.4 Å². The monoisotopic (exact) mass is 390 g/mol. The molecule has 2 atom stereocenters. The van der Waals surface area contributed by atoms with E-state index in [0.717, 1.165) is 56.5 Å². The van der Waals surface area contributed by atoms with Gasteiger partial charge in [-0.3, -0.25) is 4.79 Å². The maximum atomic E-state index is 14.3. The minimum atomic E-state index is -0.306. The maximum absolute atomic E-state index is 14.3. The Morgan fingerprint density at radius 2 is 1.96 bits per heavy atom. The molecule has 1 N–H and O–H groups in total. The Morgan fingerprint density at radius 1 is 1.15 bits per heavy atom. The molecule has 0 saturated carbocycles. The number of halogens is 2. The molecule has 2 fully saturated rings. The number of likely N-dealkylation sites (tertiary alicyclic amines) is 1. The van der Waals surface area contributed by atoms with Crippen LogP contribution in [0.15, 0.2) is 24.3 Å². The van der Waals surface area contributed by atoms with Gasteiger partial charge in [-0.05, 0) is 50.7 Å². The molecule has 0 spiro atoms. The Labute approximate surface area is 164 Å². The van der Waals surface area contributed by atoms with E-state index in [-0.39, 0.29) is 24.1 Å². The van der Waals surface area contributed by atoms with Crippen LogP contribution < -0.4 is 5.32 Å². The fraction of sp³-hybridized carbons (Fsp3) is 0.500. The van der Waals surface area contributed by atoms with Gasteiger partial charge in [-0.2, -0.15) is 5.10 Å². The lowest BCUT2D eigenvalue weighted by molar-refractivity contribution is 0.0740. The Kier molecular flexibility index (Phi) is 4.95. The van der Waals surface area contributed by atoms with E-state index in [1.54, 1.807) is 22.9 Å². The molecule has 3 aliphatic rings. The van der Waals surface area contributed by atoms with Crippen LogP contribution in [0.2, 0.25) is 0 Å². The zero-order valence-corrected chi connectivity index (χ0v) is 16.0. The molecule has 2 saturated heterocycles. The number of hydrogen-bond acceptors (Lipinski definition) is 3. The van der Waals surface area contributed by atoms with Crippen molar-refractivity contribution in [2.45, 2.75) is 50.6 Å². The van der Waals surface area contributed by atoms with Gasteiger partial charge in [0, 0.05) is 36.4 Å². The predicted molar refractivity (Wildman–Crippen MR) is 103 cm³/mol. The molecular formula is C20H24ClFN4O. The Hall–Kier alpha value is -1.92. The van der Waals surface area contributed by atoms with Crippen LogP contribution in [0, 0.1) is 5.82 Å². The summed E-state index contributed by atoms with van der Waals surface area (Å²) < 4.78 is 16.0. The van der Waals surface area contributed by atoms with Crippen molar-refractivity contribution in [2.75, 3.05) is 13.1 Å². The van der Waals surface area contributed by atoms with Gasteiger partial charge in [0.05, 0.1) is 0 Å². The third-order valence-electron chi connectivity index (χ3n) is 6.02. The number of aromatic nitrogens is 2. The number of hydrogen-bond donors (Lipinski definition) is 1. The molecule has 1 amide bonds. The van der Waals surface area contributed by atoms with Gasteiger partial charge in [0.15, 0.2) is 5.69 Å². The van der Waals surface area contributed by atoms with Crippen molar-refractivity contribution in [3.8, 4) is 5.69 Å². The van der Waals surface area contributed by atoms with E-state index < -0.39 is 0 Å². The third-order valence-corrected chi connectivity index (χ3v) is 6.02. The summed E-state index contributed by atoms with van der Waals surface area (Å²) in [6.07, 6.45) is 6.03. The van der Waals surface area contributed by atoms with E-state index >= 15 is 0 Å². The zero-order valence-electron chi connectivity index (χ0n) is 15.2. The van der Waals surface area contributed by atoms with Gasteiger partial charge in [0.2, 0.25) is 0 Å². The molecule has 1 aromatic carbocycles. The van der Waals surface area contributed by atoms with Gasteiger partial charge >= 0.3 is 0 Å². The van der Waals surface area contributed by atoms with Crippen LogP contribution in [0.5, 0.6) is 0 Å². The van der Waals surface area contributed by atoms with Crippen LogP contribution in [0.1, 0.15) is 47.4 Å². The van der Waals surface area contributed by atoms with Crippen molar-refractivity contribution in [3.63, 3.8) is 0 Å². The summed E-state index contributed by atoms with van der Waals surface area (Å²) in [5.74, 6) is -0.299. The van der Waals surface area contributed by atoms with Gasteiger partial charge in [-0.25, -0.2) is 9.07 Å². The van der Waals surface area contributed by atoms with E-state index in [4.69, 9.17) is 0 Å². The van der Waals surface area contributed by atoms with Crippen molar-refractivity contribution in [3.05, 3.63) is 47.0 Å². The molecule has 2 unspecified atom stereocenters. The molecule has 1 aliphatic carbocycles. The number of para-hydroxylation sites is 1. The average molecular weight is 391 g/mol. The zero-order chi connectivity index (χ0) is 17.7. The third kappa shape index (κ3) is 3.15. The fourth-order valence-corrected chi connectivity index (χ4v) is 4.71. The molecule has 3 heterocycles. The molecule has 5 rings (SSSR count). The van der Waals surface area contributed by atoms with Crippen LogP contribution in [0.4, 0.5) is 4.39 Å². The van der Waals surface area contributed by atoms with Crippen LogP contribution in [-0.4, -0.2) is 45.8 Å². The number of carbonyl (C=O) groups is 1. The number of carbonyl (C=O) groups excluding carboxylic acids is 1. The van der Waals surface area contributed by atoms with Gasteiger partial charge in [0.25, 0.3) is 5.91 Å². The number of nitrogens with one attached hydrogen (secondary N) is 1. The highest BCUT2D eigenvalue weighted by atomic mass is 35.5. The van der Waals surface area contributed by atoms with Crippen molar-refractivity contribution < 1.29 is 9.18 Å². The highest BCUT2D eigenvalue weighted by molar-refractivity contribution is 5.94. The van der Waals surface area contributed by atoms with E-state index in [9.17, 15) is 9.18 Å². The normalized spacial score (nSPS) is 23.7. The lowest BCUT2D eigenvalue weighted by Gasteiger charge is -2.23. The number of fused-ring (bicyclic) bond motifs is 3. The Morgan fingerprint density at radius 3 is 2.81 bits per heavy atom. The van der Waals surface area contributed by atoms with Crippen LogP contribution >= 0.6 is 12.4 Å². The maximum Gasteiger partial charge on any atom is 0.274 e. The molecule has 2 bridgehead atoms. The first-order valence-electron chi connectivity index (χ1n) is 9.61. The van der Waals surface area contributed by atoms with Crippen LogP contribution in [0.3, 0.4) is 0 Å². The summed E-state index contributed by atoms with van der Waals surface area (Å²) in [4.78, 5) is 15.2. The first-order chi connectivity index (χ1) is 12.7. The summed E-state index contributed by atoms with van der Waals surface area (Å²) in [5, 5.41) is 8.21. The number of rotatable bonds is 2. The Bertz CT molecular complexity index is 868. The molecular weight excluding hydrogens is 367 g/mol. The van der Waals surface area contributed by atoms with E-state index in [0.29, 0.717) is 23.5 Å². The largest absolute Gasteiger partial charge is 0.336 e. The highest BCUT2D eigenvalue weighted by Crippen LogP contribution is 2.30. The summed E-state index contributed by atoms with van der Waals surface area (Å²) in [6, 6.07) is 7.59. The average Bonchev–Trinajstić information content (AvgIpc) is 3.30. The quantitative estimate of drug-likeness (QED) is 0.857. The second-order valence-electron chi connectivity index (χ2n) is 7.67. The predicted octanol–water partition coefficient (Wildman–Crippen LogP) is 2.89. The number of benzene rings is 1. The summed E-state index contributed by atoms with van der Waals surface area (Å²) in [6.45, 7) is 1.52. The van der Waals surface area contributed by atoms with Crippen LogP contribution in [-0.2, 0) is 12.8 Å². The fourth-order valence-electron chi connectivity index (χ4n) is 4.71. The SMILES string of the molecule is Cl.O=C(c1nn(-c2ccccc2F)c2c1CCC2)N1CCC2CCC(C1)N2. The second kappa shape index (κ2) is 7.24. The minimum Gasteiger partial charge on any atom is -0.336 e. The molecule has 27 heavy (non-hydrogen) atoms. The van der Waals surface area contributed by atoms with Gasteiger partial charge in [0.1, 0.15) is 11.5 Å². The number of amides is 1. The van der Waals surface area contributed by atoms with Crippen LogP contribution in [0.25, 0.3) is 5.69 Å². The first kappa shape index (κ1) is 18.4. The standard InChI is InChI=1S/C20H23FN4O.ClH/c21-16-5-1-2-6-18(16)25-17-7-3-4-15(17)19(23-25)20(26)24-11-10-13-8-9-14(12-24)22-13;/h1-2,5-6,13-14,22H,3-4,7-12H2;1H. The second-order valence-corrected chi connectivity index (χ2v) is 7.67. The molecule has 7 heteroatoms. The lowest BCUT2D eigenvalue weighted by Crippen LogP contribution is -2.39. The smallest absolute Gasteiger partial charge is 0.274 e. The molecule has 2 aromatic rings. The van der Waals surface area contributed by atoms with E-state index in [1.165, 1.54) is 12.5 Å². The molecule has 1 aromatic heterocycles. The summed E-state index contributed by atoms with van der Waals surface area (Å²) in [7, 11) is 0. The topological polar surface area (TPSA) is 50.2 Å². The molecule has 5 nitrogen and oxygen atoms in total. The van der Waals surface area contributed by atoms with E-state index in [1.807, 2.05) is 4.90 Å². The molecule has 144 valence electrons. The van der Waals surface area contributed by atoms with Crippen molar-refractivity contribution >= 4 is 18.3 Å².